The van der Waals surface area contributed by atoms with Gasteiger partial charge in [0.2, 0.25) is 0 Å². The van der Waals surface area contributed by atoms with Gasteiger partial charge in [0.1, 0.15) is 27.6 Å². The van der Waals surface area contributed by atoms with Crippen LogP contribution in [0.1, 0.15) is 34.0 Å². The molecule has 0 aromatic carbocycles. The lowest BCUT2D eigenvalue weighted by Gasteiger charge is -2.23. The summed E-state index contributed by atoms with van der Waals surface area (Å²) in [6.07, 6.45) is 3.18. The van der Waals surface area contributed by atoms with Gasteiger partial charge in [-0.3, -0.25) is 4.90 Å². The van der Waals surface area contributed by atoms with E-state index in [1.54, 1.807) is 13.2 Å². The van der Waals surface area contributed by atoms with E-state index in [-0.39, 0.29) is 12.0 Å². The van der Waals surface area contributed by atoms with E-state index in [1.807, 2.05) is 33.2 Å². The average Bonchev–Trinajstić information content (AvgIpc) is 3.24. The summed E-state index contributed by atoms with van der Waals surface area (Å²) in [5.41, 5.74) is 0.839. The molecular formula is C18H22N4O3S. The number of fused-ring (bicyclic) bond motifs is 1. The molecule has 26 heavy (non-hydrogen) atoms. The molecule has 0 spiro atoms. The van der Waals surface area contributed by atoms with Crippen LogP contribution in [0.2, 0.25) is 0 Å². The third-order valence-electron chi connectivity index (χ3n) is 4.15. The largest absolute Gasteiger partial charge is 0.468 e. The second-order valence-electron chi connectivity index (χ2n) is 6.05. The van der Waals surface area contributed by atoms with Gasteiger partial charge in [-0.2, -0.15) is 0 Å². The van der Waals surface area contributed by atoms with Gasteiger partial charge >= 0.3 is 5.97 Å². The third kappa shape index (κ3) is 3.56. The summed E-state index contributed by atoms with van der Waals surface area (Å²) in [6.45, 7) is 4.65. The molecular weight excluding hydrogens is 352 g/mol. The number of hydrogen-bond donors (Lipinski definition) is 1. The predicted octanol–water partition coefficient (Wildman–Crippen LogP) is 3.48. The number of ether oxygens (including phenoxy) is 1. The Morgan fingerprint density at radius 2 is 2.23 bits per heavy atom. The number of carbonyl (C=O) groups excluding carboxylic acids is 1. The Balaban J connectivity index is 1.89. The van der Waals surface area contributed by atoms with Crippen LogP contribution in [0.25, 0.3) is 10.2 Å². The van der Waals surface area contributed by atoms with Gasteiger partial charge in [-0.25, -0.2) is 14.8 Å². The second kappa shape index (κ2) is 7.84. The van der Waals surface area contributed by atoms with Crippen molar-refractivity contribution in [2.24, 2.45) is 0 Å². The molecule has 1 unspecified atom stereocenters. The molecule has 0 fully saturated rings. The third-order valence-corrected chi connectivity index (χ3v) is 5.33. The van der Waals surface area contributed by atoms with Crippen molar-refractivity contribution in [2.75, 3.05) is 32.6 Å². The zero-order valence-electron chi connectivity index (χ0n) is 15.3. The highest BCUT2D eigenvalue weighted by Crippen LogP contribution is 2.34. The van der Waals surface area contributed by atoms with Crippen molar-refractivity contribution in [3.05, 3.63) is 40.9 Å². The van der Waals surface area contributed by atoms with E-state index in [4.69, 9.17) is 9.15 Å². The first-order chi connectivity index (χ1) is 12.5. The topological polar surface area (TPSA) is 80.5 Å². The van der Waals surface area contributed by atoms with Gasteiger partial charge in [-0.05, 0) is 45.6 Å². The summed E-state index contributed by atoms with van der Waals surface area (Å²) >= 11 is 1.33. The summed E-state index contributed by atoms with van der Waals surface area (Å²) in [6, 6.07) is 3.89. The fourth-order valence-electron chi connectivity index (χ4n) is 2.81. The van der Waals surface area contributed by atoms with Crippen molar-refractivity contribution in [1.29, 1.82) is 0 Å². The molecule has 3 aromatic heterocycles. The Morgan fingerprint density at radius 1 is 1.42 bits per heavy atom. The van der Waals surface area contributed by atoms with E-state index in [9.17, 15) is 4.79 Å². The number of thiophene rings is 1. The first-order valence-electron chi connectivity index (χ1n) is 8.37. The Morgan fingerprint density at radius 3 is 2.88 bits per heavy atom. The SMILES string of the molecule is CCOC(=O)c1sc2ncnc(NCC(c3ccco3)N(C)C)c2c1C. The smallest absolute Gasteiger partial charge is 0.348 e. The molecule has 0 aliphatic heterocycles. The van der Waals surface area contributed by atoms with Gasteiger partial charge in [0, 0.05) is 6.54 Å². The maximum absolute atomic E-state index is 12.2. The molecule has 7 nitrogen and oxygen atoms in total. The minimum Gasteiger partial charge on any atom is -0.468 e. The molecule has 0 radical (unpaired) electrons. The van der Waals surface area contributed by atoms with Gasteiger partial charge < -0.3 is 14.5 Å². The number of likely N-dealkylation sites (N-methyl/N-ethyl adjacent to an activating group) is 1. The molecule has 0 saturated carbocycles. The monoisotopic (exact) mass is 374 g/mol. The number of nitrogens with zero attached hydrogens (tertiary/aromatic N) is 3. The number of nitrogens with one attached hydrogen (secondary N) is 1. The Bertz CT molecular complexity index is 889. The van der Waals surface area contributed by atoms with E-state index in [1.165, 1.54) is 17.7 Å². The molecule has 0 aliphatic rings. The number of furan rings is 1. The number of aromatic nitrogens is 2. The van der Waals surface area contributed by atoms with Crippen molar-refractivity contribution < 1.29 is 13.9 Å². The van der Waals surface area contributed by atoms with Crippen LogP contribution in [0, 0.1) is 6.92 Å². The lowest BCUT2D eigenvalue weighted by molar-refractivity contribution is 0.0531. The maximum atomic E-state index is 12.2. The van der Waals surface area contributed by atoms with E-state index in [0.717, 1.165) is 21.5 Å². The van der Waals surface area contributed by atoms with Gasteiger partial charge in [0.15, 0.2) is 0 Å². The number of anilines is 1. The van der Waals surface area contributed by atoms with Crippen molar-refractivity contribution in [3.63, 3.8) is 0 Å². The predicted molar refractivity (Wildman–Crippen MR) is 102 cm³/mol. The minimum absolute atomic E-state index is 0.0542. The normalized spacial score (nSPS) is 12.5. The first kappa shape index (κ1) is 18.3. The van der Waals surface area contributed by atoms with Crippen LogP contribution in [0.4, 0.5) is 5.82 Å². The molecule has 3 aromatic rings. The van der Waals surface area contributed by atoms with Crippen LogP contribution < -0.4 is 5.32 Å². The first-order valence-corrected chi connectivity index (χ1v) is 9.19. The number of carbonyl (C=O) groups is 1. The van der Waals surface area contributed by atoms with Crippen molar-refractivity contribution in [2.45, 2.75) is 19.9 Å². The van der Waals surface area contributed by atoms with Crippen molar-refractivity contribution >= 4 is 33.3 Å². The van der Waals surface area contributed by atoms with Crippen molar-refractivity contribution in [3.8, 4) is 0 Å². The standard InChI is InChI=1S/C18H22N4O3S/c1-5-24-18(23)15-11(2)14-16(20-10-21-17(14)26-15)19-9-12(22(3)4)13-7-6-8-25-13/h6-8,10,12H,5,9H2,1-4H3,(H,19,20,21). The maximum Gasteiger partial charge on any atom is 0.348 e. The molecule has 8 heteroatoms. The van der Waals surface area contributed by atoms with E-state index < -0.39 is 0 Å². The molecule has 0 amide bonds. The number of esters is 1. The minimum atomic E-state index is -0.319. The molecule has 138 valence electrons. The highest BCUT2D eigenvalue weighted by molar-refractivity contribution is 7.20. The van der Waals surface area contributed by atoms with E-state index in [0.29, 0.717) is 23.8 Å². The molecule has 0 saturated heterocycles. The van der Waals surface area contributed by atoms with Gasteiger partial charge in [0.25, 0.3) is 0 Å². The highest BCUT2D eigenvalue weighted by Gasteiger charge is 2.22. The fraction of sp³-hybridized carbons (Fsp3) is 0.389. The van der Waals surface area contributed by atoms with Gasteiger partial charge in [-0.15, -0.1) is 11.3 Å². The van der Waals surface area contributed by atoms with Gasteiger partial charge in [-0.1, -0.05) is 0 Å². The Labute approximate surface area is 156 Å². The van der Waals surface area contributed by atoms with Crippen LogP contribution in [0.5, 0.6) is 0 Å². The zero-order chi connectivity index (χ0) is 18.7. The van der Waals surface area contributed by atoms with Crippen LogP contribution in [0.3, 0.4) is 0 Å². The summed E-state index contributed by atoms with van der Waals surface area (Å²) in [7, 11) is 4.00. The summed E-state index contributed by atoms with van der Waals surface area (Å²) in [5, 5.41) is 4.24. The lowest BCUT2D eigenvalue weighted by atomic mass is 10.2. The van der Waals surface area contributed by atoms with Gasteiger partial charge in [0.05, 0.1) is 24.3 Å². The average molecular weight is 374 g/mol. The molecule has 1 atom stereocenters. The molecule has 0 aliphatic carbocycles. The summed E-state index contributed by atoms with van der Waals surface area (Å²) in [5.74, 6) is 1.26. The summed E-state index contributed by atoms with van der Waals surface area (Å²) in [4.78, 5) is 24.3. The Hall–Kier alpha value is -2.45. The highest BCUT2D eigenvalue weighted by atomic mass is 32.1. The van der Waals surface area contributed by atoms with Crippen molar-refractivity contribution in [1.82, 2.24) is 14.9 Å². The van der Waals surface area contributed by atoms with Crippen LogP contribution in [-0.4, -0.2) is 48.1 Å². The van der Waals surface area contributed by atoms with E-state index in [2.05, 4.69) is 20.2 Å². The number of hydrogen-bond acceptors (Lipinski definition) is 8. The van der Waals surface area contributed by atoms with Crippen LogP contribution in [0.15, 0.2) is 29.1 Å². The molecule has 3 rings (SSSR count). The number of rotatable bonds is 7. The number of aryl methyl sites for hydroxylation is 1. The quantitative estimate of drug-likeness (QED) is 0.634. The van der Waals surface area contributed by atoms with Crippen LogP contribution >= 0.6 is 11.3 Å². The molecule has 1 N–H and O–H groups in total. The fourth-order valence-corrected chi connectivity index (χ4v) is 3.85. The van der Waals surface area contributed by atoms with Crippen LogP contribution in [-0.2, 0) is 4.74 Å². The Kier molecular flexibility index (Phi) is 5.53. The molecule has 0 bridgehead atoms. The van der Waals surface area contributed by atoms with E-state index >= 15 is 0 Å². The summed E-state index contributed by atoms with van der Waals surface area (Å²) < 4.78 is 10.7. The lowest BCUT2D eigenvalue weighted by Crippen LogP contribution is -2.26. The zero-order valence-corrected chi connectivity index (χ0v) is 16.1. The second-order valence-corrected chi connectivity index (χ2v) is 7.05. The molecule has 3 heterocycles.